The fraction of sp³-hybridized carbons (Fsp3) is 0.667. The van der Waals surface area contributed by atoms with Crippen molar-refractivity contribution in [3.63, 3.8) is 0 Å². The van der Waals surface area contributed by atoms with Crippen LogP contribution in [0.5, 0.6) is 0 Å². The van der Waals surface area contributed by atoms with Crippen molar-refractivity contribution in [2.45, 2.75) is 20.3 Å². The molecule has 0 rings (SSSR count). The van der Waals surface area contributed by atoms with Crippen LogP contribution in [0.15, 0.2) is 5.16 Å². The Kier molecular flexibility index (Phi) is 4.32. The molecule has 2 nitrogen and oxygen atoms in total. The summed E-state index contributed by atoms with van der Waals surface area (Å²) in [6.07, 6.45) is 4.55. The second-order valence-corrected chi connectivity index (χ2v) is 1.89. The molecule has 0 saturated carbocycles. The van der Waals surface area contributed by atoms with Gasteiger partial charge >= 0.3 is 0 Å². The molecule has 0 bridgehead atoms. The summed E-state index contributed by atoms with van der Waals surface area (Å²) in [4.78, 5) is 0. The van der Waals surface area contributed by atoms with Gasteiger partial charge in [0.05, 0.1) is 0 Å². The Morgan fingerprint density at radius 2 is 2.38 bits per heavy atom. The lowest BCUT2D eigenvalue weighted by molar-refractivity contribution is 0.318. The van der Waals surface area contributed by atoms with Gasteiger partial charge in [0.15, 0.2) is 0 Å². The Labute approximate surface area is 50.2 Å². The number of rotatable bonds is 3. The molecule has 2 heteroatoms. The molecule has 1 radical (unpaired) electrons. The van der Waals surface area contributed by atoms with Crippen LogP contribution in [0.4, 0.5) is 0 Å². The summed E-state index contributed by atoms with van der Waals surface area (Å²) in [5.74, 6) is 0.366. The van der Waals surface area contributed by atoms with E-state index in [1.54, 1.807) is 0 Å². The highest BCUT2D eigenvalue weighted by atomic mass is 16.4. The molecule has 0 aliphatic carbocycles. The maximum absolute atomic E-state index is 8.02. The first-order chi connectivity index (χ1) is 3.81. The molecule has 47 valence electrons. The summed E-state index contributed by atoms with van der Waals surface area (Å²) in [7, 11) is 0. The van der Waals surface area contributed by atoms with E-state index in [0.717, 1.165) is 6.42 Å². The van der Waals surface area contributed by atoms with Gasteiger partial charge in [0.1, 0.15) is 0 Å². The summed E-state index contributed by atoms with van der Waals surface area (Å²) in [6, 6.07) is 0. The van der Waals surface area contributed by atoms with Crippen LogP contribution in [0.2, 0.25) is 0 Å². The predicted octanol–water partition coefficient (Wildman–Crippen LogP) is 1.70. The van der Waals surface area contributed by atoms with Crippen molar-refractivity contribution in [3.05, 3.63) is 6.42 Å². The van der Waals surface area contributed by atoms with E-state index in [9.17, 15) is 0 Å². The maximum Gasteiger partial charge on any atom is 0.0464 e. The van der Waals surface area contributed by atoms with E-state index in [2.05, 4.69) is 5.16 Å². The molecule has 1 unspecified atom stereocenters. The van der Waals surface area contributed by atoms with E-state index in [-0.39, 0.29) is 0 Å². The highest BCUT2D eigenvalue weighted by Crippen LogP contribution is 1.99. The van der Waals surface area contributed by atoms with Crippen LogP contribution >= 0.6 is 0 Å². The van der Waals surface area contributed by atoms with Crippen molar-refractivity contribution >= 4 is 6.21 Å². The molecule has 0 spiro atoms. The minimum Gasteiger partial charge on any atom is -0.411 e. The van der Waals surface area contributed by atoms with Crippen molar-refractivity contribution < 1.29 is 5.21 Å². The van der Waals surface area contributed by atoms with Gasteiger partial charge in [-0.1, -0.05) is 13.8 Å². The van der Waals surface area contributed by atoms with E-state index in [0.29, 0.717) is 5.92 Å². The largest absolute Gasteiger partial charge is 0.411 e. The Hall–Kier alpha value is -0.530. The van der Waals surface area contributed by atoms with Crippen LogP contribution in [0.25, 0.3) is 0 Å². The highest BCUT2D eigenvalue weighted by molar-refractivity contribution is 5.59. The van der Waals surface area contributed by atoms with Crippen LogP contribution < -0.4 is 0 Å². The monoisotopic (exact) mass is 114 g/mol. The topological polar surface area (TPSA) is 32.6 Å². The van der Waals surface area contributed by atoms with Crippen LogP contribution in [-0.4, -0.2) is 11.4 Å². The van der Waals surface area contributed by atoms with E-state index in [1.807, 2.05) is 20.3 Å². The molecular formula is C6H12NO. The van der Waals surface area contributed by atoms with Crippen LogP contribution in [0.3, 0.4) is 0 Å². The van der Waals surface area contributed by atoms with Crippen LogP contribution in [0.1, 0.15) is 20.3 Å². The second kappa shape index (κ2) is 4.62. The predicted molar refractivity (Wildman–Crippen MR) is 34.0 cm³/mol. The van der Waals surface area contributed by atoms with Crippen molar-refractivity contribution in [1.29, 1.82) is 0 Å². The fourth-order valence-electron chi connectivity index (χ4n) is 0.546. The van der Waals surface area contributed by atoms with Crippen molar-refractivity contribution in [2.24, 2.45) is 11.1 Å². The normalized spacial score (nSPS) is 14.8. The average molecular weight is 114 g/mol. The molecular weight excluding hydrogens is 102 g/mol. The minimum atomic E-state index is 0.366. The first-order valence-corrected chi connectivity index (χ1v) is 2.76. The molecule has 0 saturated heterocycles. The first-order valence-electron chi connectivity index (χ1n) is 2.76. The molecule has 8 heavy (non-hydrogen) atoms. The molecule has 0 heterocycles. The first kappa shape index (κ1) is 7.47. The molecule has 1 N–H and O–H groups in total. The smallest absolute Gasteiger partial charge is 0.0464 e. The van der Waals surface area contributed by atoms with Gasteiger partial charge in [-0.15, -0.1) is 5.16 Å². The lowest BCUT2D eigenvalue weighted by Crippen LogP contribution is -1.93. The zero-order valence-corrected chi connectivity index (χ0v) is 5.33. The minimum absolute atomic E-state index is 0.366. The van der Waals surface area contributed by atoms with Gasteiger partial charge in [-0.05, 0) is 18.8 Å². The molecule has 0 aliphatic heterocycles. The zero-order valence-electron chi connectivity index (χ0n) is 5.33. The SMILES string of the molecule is C[CH]CC(C)/C=N\O. The van der Waals surface area contributed by atoms with E-state index >= 15 is 0 Å². The summed E-state index contributed by atoms with van der Waals surface area (Å²) in [6.45, 7) is 3.99. The van der Waals surface area contributed by atoms with Crippen molar-refractivity contribution in [3.8, 4) is 0 Å². The summed E-state index contributed by atoms with van der Waals surface area (Å²) in [5.41, 5.74) is 0. The Morgan fingerprint density at radius 3 is 2.75 bits per heavy atom. The van der Waals surface area contributed by atoms with Crippen LogP contribution in [-0.2, 0) is 0 Å². The van der Waals surface area contributed by atoms with Gasteiger partial charge < -0.3 is 5.21 Å². The van der Waals surface area contributed by atoms with Crippen molar-refractivity contribution in [1.82, 2.24) is 0 Å². The second-order valence-electron chi connectivity index (χ2n) is 1.89. The standard InChI is InChI=1S/C6H12NO/c1-3-4-6(2)5-7-8/h3,5-6,8H,4H2,1-2H3/b7-5-. The molecule has 0 aromatic heterocycles. The molecule has 0 amide bonds. The van der Waals surface area contributed by atoms with Gasteiger partial charge in [0.2, 0.25) is 0 Å². The van der Waals surface area contributed by atoms with Gasteiger partial charge in [0, 0.05) is 6.21 Å². The number of hydrogen-bond donors (Lipinski definition) is 1. The summed E-state index contributed by atoms with van der Waals surface area (Å²) in [5, 5.41) is 10.9. The third-order valence-electron chi connectivity index (χ3n) is 0.929. The summed E-state index contributed by atoms with van der Waals surface area (Å²) >= 11 is 0. The van der Waals surface area contributed by atoms with Gasteiger partial charge in [-0.3, -0.25) is 0 Å². The Morgan fingerprint density at radius 1 is 1.75 bits per heavy atom. The van der Waals surface area contributed by atoms with E-state index < -0.39 is 0 Å². The van der Waals surface area contributed by atoms with Gasteiger partial charge in [-0.2, -0.15) is 0 Å². The molecule has 0 fully saturated rings. The van der Waals surface area contributed by atoms with E-state index in [1.165, 1.54) is 6.21 Å². The third-order valence-corrected chi connectivity index (χ3v) is 0.929. The lowest BCUT2D eigenvalue weighted by Gasteiger charge is -1.97. The number of oxime groups is 1. The highest BCUT2D eigenvalue weighted by Gasteiger charge is 1.93. The fourth-order valence-corrected chi connectivity index (χ4v) is 0.546. The molecule has 0 aromatic carbocycles. The summed E-state index contributed by atoms with van der Waals surface area (Å²) < 4.78 is 0. The molecule has 1 atom stereocenters. The number of hydrogen-bond acceptors (Lipinski definition) is 2. The Balaban J connectivity index is 3.17. The average Bonchev–Trinajstić information content (AvgIpc) is 1.68. The van der Waals surface area contributed by atoms with Gasteiger partial charge in [0.25, 0.3) is 0 Å². The number of nitrogens with zero attached hydrogens (tertiary/aromatic N) is 1. The Bertz CT molecular complexity index is 70.9. The van der Waals surface area contributed by atoms with Crippen molar-refractivity contribution in [2.75, 3.05) is 0 Å². The van der Waals surface area contributed by atoms with Gasteiger partial charge in [-0.25, -0.2) is 0 Å². The lowest BCUT2D eigenvalue weighted by atomic mass is 10.1. The molecule has 0 aliphatic rings. The third kappa shape index (κ3) is 3.65. The quantitative estimate of drug-likeness (QED) is 0.338. The zero-order chi connectivity index (χ0) is 6.41. The van der Waals surface area contributed by atoms with E-state index in [4.69, 9.17) is 5.21 Å². The molecule has 0 aromatic rings. The van der Waals surface area contributed by atoms with Crippen LogP contribution in [0, 0.1) is 12.3 Å². The maximum atomic E-state index is 8.02.